The van der Waals surface area contributed by atoms with Crippen molar-refractivity contribution in [2.75, 3.05) is 0 Å². The van der Waals surface area contributed by atoms with Crippen LogP contribution in [0.1, 0.15) is 6.92 Å². The number of amidine groups is 1. The molecule has 0 aliphatic rings. The molecule has 0 rings (SSSR count). The average Bonchev–Trinajstić information content (AvgIpc) is 1.68. The van der Waals surface area contributed by atoms with E-state index in [-0.39, 0.29) is 0 Å². The van der Waals surface area contributed by atoms with Crippen LogP contribution in [0.3, 0.4) is 0 Å². The molecule has 0 amide bonds. The Bertz CT molecular complexity index is 96.4. The van der Waals surface area contributed by atoms with Gasteiger partial charge in [0.15, 0.2) is 0 Å². The van der Waals surface area contributed by atoms with E-state index < -0.39 is 0 Å². The van der Waals surface area contributed by atoms with Gasteiger partial charge in [-0.15, -0.1) is 0 Å². The number of hydrogen-bond donors (Lipinski definition) is 1. The van der Waals surface area contributed by atoms with Crippen molar-refractivity contribution >= 4 is 32.6 Å². The molecular weight excluding hydrogens is 205 g/mol. The molecule has 0 radical (unpaired) electrons. The van der Waals surface area contributed by atoms with Crippen molar-refractivity contribution in [1.29, 1.82) is 0 Å². The molecule has 0 saturated carbocycles. The lowest BCUT2D eigenvalue weighted by molar-refractivity contribution is 1.22. The van der Waals surface area contributed by atoms with E-state index in [1.54, 1.807) is 11.1 Å². The number of rotatable bonds is 0. The van der Waals surface area contributed by atoms with Gasteiger partial charge in [-0.25, -0.2) is 4.99 Å². The second-order valence-electron chi connectivity index (χ2n) is 0.903. The summed E-state index contributed by atoms with van der Waals surface area (Å²) in [5.74, 6) is 5.42. The van der Waals surface area contributed by atoms with Gasteiger partial charge in [-0.3, -0.25) is 0 Å². The fourth-order valence-electron chi connectivity index (χ4n) is 0.104. The number of nitrogens with zero attached hydrogens (tertiary/aromatic N) is 2. The van der Waals surface area contributed by atoms with Gasteiger partial charge in [0.25, 0.3) is 0 Å². The fraction of sp³-hybridized carbons (Fsp3) is 0.333. The van der Waals surface area contributed by atoms with E-state index in [1.807, 2.05) is 22.6 Å². The molecule has 0 atom stereocenters. The van der Waals surface area contributed by atoms with Crippen molar-refractivity contribution in [2.45, 2.75) is 6.92 Å². The summed E-state index contributed by atoms with van der Waals surface area (Å²) in [6.45, 7) is 1.73. The van der Waals surface area contributed by atoms with Crippen LogP contribution >= 0.6 is 22.6 Å². The minimum absolute atomic E-state index is 0.592. The molecule has 0 aromatic carbocycles. The van der Waals surface area contributed by atoms with Crippen molar-refractivity contribution in [3.63, 3.8) is 0 Å². The topological polar surface area (TPSA) is 50.7 Å². The molecule has 0 aromatic heterocycles. The van der Waals surface area contributed by atoms with Gasteiger partial charge in [0.05, 0.1) is 4.22 Å². The highest BCUT2D eigenvalue weighted by atomic mass is 127. The Morgan fingerprint density at radius 3 is 2.57 bits per heavy atom. The van der Waals surface area contributed by atoms with Gasteiger partial charge in [-0.1, -0.05) is 0 Å². The summed E-state index contributed by atoms with van der Waals surface area (Å²) in [5.41, 5.74) is 0. The Labute approximate surface area is 55.8 Å². The van der Waals surface area contributed by atoms with Gasteiger partial charge < -0.3 is 5.84 Å². The van der Waals surface area contributed by atoms with Crippen molar-refractivity contribution in [2.24, 2.45) is 15.9 Å². The second kappa shape index (κ2) is 4.04. The Hall–Kier alpha value is -0.130. The number of aliphatic imine (C=N–C) groups is 1. The molecule has 0 aromatic rings. The molecule has 0 aliphatic heterocycles. The predicted octanol–water partition coefficient (Wildman–Crippen LogP) is 0.742. The van der Waals surface area contributed by atoms with Crippen LogP contribution in [0.5, 0.6) is 0 Å². The number of nitrogens with two attached hydrogens (primary N) is 1. The quantitative estimate of drug-likeness (QED) is 0.207. The van der Waals surface area contributed by atoms with Crippen LogP contribution in [0.4, 0.5) is 0 Å². The first-order chi connectivity index (χ1) is 3.31. The van der Waals surface area contributed by atoms with Crippen LogP contribution in [-0.2, 0) is 0 Å². The molecule has 3 nitrogen and oxygen atoms in total. The third-order valence-corrected chi connectivity index (χ3v) is 0.701. The summed E-state index contributed by atoms with van der Waals surface area (Å²) >= 11 is 2.00. The Balaban J connectivity index is 3.58. The Kier molecular flexibility index (Phi) is 3.97. The predicted molar refractivity (Wildman–Crippen MR) is 39.8 cm³/mol. The maximum atomic E-state index is 4.83. The van der Waals surface area contributed by atoms with Crippen molar-refractivity contribution in [3.8, 4) is 0 Å². The first kappa shape index (κ1) is 6.87. The molecule has 4 heteroatoms. The highest BCUT2D eigenvalue weighted by molar-refractivity contribution is 14.1. The van der Waals surface area contributed by atoms with E-state index in [4.69, 9.17) is 5.84 Å². The number of halogens is 1. The number of hydrazone groups is 1. The summed E-state index contributed by atoms with van der Waals surface area (Å²) in [6, 6.07) is 0. The summed E-state index contributed by atoms with van der Waals surface area (Å²) < 4.78 is 1.61. The summed E-state index contributed by atoms with van der Waals surface area (Å²) in [6.07, 6.45) is 0. The molecule has 0 unspecified atom stereocenters. The molecule has 0 saturated heterocycles. The minimum atomic E-state index is 0.592. The lowest BCUT2D eigenvalue weighted by Crippen LogP contribution is -1.89. The maximum Gasteiger partial charge on any atom is 0.145 e. The summed E-state index contributed by atoms with van der Waals surface area (Å²) in [7, 11) is 0. The van der Waals surface area contributed by atoms with Crippen LogP contribution in [0.15, 0.2) is 10.1 Å². The van der Waals surface area contributed by atoms with Crippen molar-refractivity contribution in [3.05, 3.63) is 0 Å². The molecular formula is C3H6IN3. The van der Waals surface area contributed by atoms with Crippen molar-refractivity contribution in [1.82, 2.24) is 0 Å². The van der Waals surface area contributed by atoms with Gasteiger partial charge in [-0.2, -0.15) is 5.10 Å². The molecule has 0 spiro atoms. The average molecular weight is 211 g/mol. The monoisotopic (exact) mass is 211 g/mol. The van der Waals surface area contributed by atoms with Crippen molar-refractivity contribution < 1.29 is 0 Å². The lowest BCUT2D eigenvalue weighted by Gasteiger charge is -1.79. The molecule has 7 heavy (non-hydrogen) atoms. The minimum Gasteiger partial charge on any atom is -0.322 e. The summed E-state index contributed by atoms with van der Waals surface area (Å²) in [5, 5.41) is 3.29. The first-order valence-corrected chi connectivity index (χ1v) is 2.93. The van der Waals surface area contributed by atoms with Gasteiger partial charge in [0.1, 0.15) is 5.84 Å². The van der Waals surface area contributed by atoms with E-state index >= 15 is 0 Å². The Morgan fingerprint density at radius 1 is 1.86 bits per heavy atom. The molecule has 0 aliphatic carbocycles. The van der Waals surface area contributed by atoms with Gasteiger partial charge >= 0.3 is 0 Å². The third-order valence-electron chi connectivity index (χ3n) is 0.422. The zero-order valence-electron chi connectivity index (χ0n) is 3.93. The largest absolute Gasteiger partial charge is 0.322 e. The van der Waals surface area contributed by atoms with Crippen LogP contribution in [-0.4, -0.2) is 10.1 Å². The summed E-state index contributed by atoms with van der Waals surface area (Å²) in [4.78, 5) is 3.73. The number of hydrogen-bond acceptors (Lipinski definition) is 2. The van der Waals surface area contributed by atoms with Crippen LogP contribution < -0.4 is 5.84 Å². The van der Waals surface area contributed by atoms with Gasteiger partial charge in [0.2, 0.25) is 0 Å². The van der Waals surface area contributed by atoms with Crippen LogP contribution in [0.25, 0.3) is 0 Å². The zero-order chi connectivity index (χ0) is 5.70. The van der Waals surface area contributed by atoms with Gasteiger partial charge in [-0.05, 0) is 29.5 Å². The van der Waals surface area contributed by atoms with E-state index in [9.17, 15) is 0 Å². The maximum absolute atomic E-state index is 4.83. The highest BCUT2D eigenvalue weighted by Gasteiger charge is 1.74. The molecule has 40 valence electrons. The van der Waals surface area contributed by atoms with E-state index in [0.29, 0.717) is 5.84 Å². The molecule has 0 bridgehead atoms. The standard InChI is InChI=1S/C3H6IN3/c1-3(7-5)6-2-4/h2H,5H2,1H3/b6-2?,7-3-. The normalized spacial score (nSPS) is 13.1. The molecule has 0 heterocycles. The second-order valence-corrected chi connectivity index (χ2v) is 1.46. The first-order valence-electron chi connectivity index (χ1n) is 1.68. The highest BCUT2D eigenvalue weighted by Crippen LogP contribution is 1.76. The Morgan fingerprint density at radius 2 is 2.43 bits per heavy atom. The van der Waals surface area contributed by atoms with E-state index in [0.717, 1.165) is 0 Å². The smallest absolute Gasteiger partial charge is 0.145 e. The van der Waals surface area contributed by atoms with Crippen LogP contribution in [0.2, 0.25) is 0 Å². The van der Waals surface area contributed by atoms with Gasteiger partial charge in [0, 0.05) is 0 Å². The SMILES string of the molecule is C/C(N=CI)=N/N. The van der Waals surface area contributed by atoms with Crippen LogP contribution in [0, 0.1) is 0 Å². The van der Waals surface area contributed by atoms with E-state index in [1.165, 1.54) is 0 Å². The lowest BCUT2D eigenvalue weighted by atomic mass is 10.7. The molecule has 0 fully saturated rings. The fourth-order valence-corrected chi connectivity index (χ4v) is 0.507. The molecule has 2 N–H and O–H groups in total. The third kappa shape index (κ3) is 3.71. The van der Waals surface area contributed by atoms with E-state index in [2.05, 4.69) is 10.1 Å². The zero-order valence-corrected chi connectivity index (χ0v) is 6.08.